The van der Waals surface area contributed by atoms with Crippen molar-refractivity contribution in [3.63, 3.8) is 0 Å². The molecule has 0 amide bonds. The van der Waals surface area contributed by atoms with Crippen molar-refractivity contribution in [2.45, 2.75) is 0 Å². The first-order valence-electron chi connectivity index (χ1n) is 0. The minimum Gasteiger partial charge on any atom is -2.00 e. The van der Waals surface area contributed by atoms with E-state index < -0.39 is 0 Å². The Bertz CT molecular complexity index is 6.00. The van der Waals surface area contributed by atoms with Crippen LogP contribution in [0.3, 0.4) is 0 Å². The van der Waals surface area contributed by atoms with Gasteiger partial charge in [0.05, 0.1) is 0 Å². The van der Waals surface area contributed by atoms with E-state index in [1.54, 1.807) is 0 Å². The van der Waals surface area contributed by atoms with Crippen LogP contribution in [0.25, 0.3) is 0 Å². The summed E-state index contributed by atoms with van der Waals surface area (Å²) in [6, 6.07) is 0. The molecule has 0 aromatic heterocycles. The predicted octanol–water partition coefficient (Wildman–Crippen LogP) is -0.621. The van der Waals surface area contributed by atoms with Crippen molar-refractivity contribution in [1.29, 1.82) is 0 Å². The molecule has 0 rings (SSSR count). The third kappa shape index (κ3) is 9.00. The zero-order valence-corrected chi connectivity index (χ0v) is 7.34. The van der Waals surface area contributed by atoms with Gasteiger partial charge in [0.25, 0.3) is 0 Å². The van der Waals surface area contributed by atoms with E-state index in [0.717, 1.165) is 0 Å². The van der Waals surface area contributed by atoms with Crippen LogP contribution < -0.4 is 0 Å². The molecule has 4 heavy (non-hydrogen) atoms. The van der Waals surface area contributed by atoms with E-state index in [1.165, 1.54) is 0 Å². The average molecular weight is 228 g/mol. The molecule has 23 valence electrons. The smallest absolute Gasteiger partial charge is 2.00 e. The Kier molecular flexibility index (Phi) is 188. The number of hydrogen-bond donors (Lipinski definition) is 0. The molecule has 0 aliphatic heterocycles. The van der Waals surface area contributed by atoms with Crippen LogP contribution in [0.2, 0.25) is 0 Å². The maximum atomic E-state index is 0. The number of hydrogen-bond acceptors (Lipinski definition) is 0. The fourth-order valence-corrected chi connectivity index (χ4v) is 0. The molecule has 0 aromatic rings. The van der Waals surface area contributed by atoms with Gasteiger partial charge in [0.1, 0.15) is 0 Å². The third-order valence-electron chi connectivity index (χ3n) is 0. The molecular weight excluding hydrogens is 228 g/mol. The molecule has 0 atom stereocenters. The van der Waals surface area contributed by atoms with Crippen molar-refractivity contribution in [1.82, 2.24) is 0 Å². The fourth-order valence-electron chi connectivity index (χ4n) is 0. The molecule has 0 unspecified atom stereocenters. The Hall–Kier alpha value is 2.00. The molecule has 0 N–H and O–H groups in total. The minimum absolute atomic E-state index is 0. The van der Waals surface area contributed by atoms with E-state index in [1.807, 2.05) is 0 Å². The van der Waals surface area contributed by atoms with Gasteiger partial charge in [0.15, 0.2) is 0 Å². The van der Waals surface area contributed by atoms with Gasteiger partial charge in [-0.3, -0.25) is 0 Å². The van der Waals surface area contributed by atoms with Crippen molar-refractivity contribution < 1.29 is 27.7 Å². The second-order valence-corrected chi connectivity index (χ2v) is 0. The van der Waals surface area contributed by atoms with Crippen LogP contribution in [0.5, 0.6) is 0 Å². The van der Waals surface area contributed by atoms with E-state index in [4.69, 9.17) is 0 Å². The topological polar surface area (TPSA) is 57.0 Å². The van der Waals surface area contributed by atoms with Crippen LogP contribution in [0.4, 0.5) is 0 Å². The maximum Gasteiger partial charge on any atom is 2.00 e. The first-order chi connectivity index (χ1) is 0. The third-order valence-corrected chi connectivity index (χ3v) is 0. The van der Waals surface area contributed by atoms with Gasteiger partial charge in [-0.15, -0.1) is 0 Å². The van der Waals surface area contributed by atoms with Crippen LogP contribution in [-0.2, 0) is 27.7 Å². The van der Waals surface area contributed by atoms with E-state index in [0.29, 0.717) is 0 Å². The van der Waals surface area contributed by atoms with E-state index in [9.17, 15) is 0 Å². The molecule has 0 heterocycles. The van der Waals surface area contributed by atoms with Crippen LogP contribution in [0.15, 0.2) is 0 Å². The van der Waals surface area contributed by atoms with Crippen molar-refractivity contribution >= 4 is 48.9 Å². The van der Waals surface area contributed by atoms with E-state index in [2.05, 4.69) is 0 Å². The molecule has 4 heteroatoms. The molecule has 0 spiro atoms. The fraction of sp³-hybridized carbons (Fsp3) is 0. The molecule has 0 saturated heterocycles. The first-order valence-corrected chi connectivity index (χ1v) is 0. The SMILES string of the molecule is [Ba+2].[Co+2].[O-2].[O-2]. The minimum atomic E-state index is 0. The first kappa shape index (κ1) is 37.5. The monoisotopic (exact) mass is 229 g/mol. The van der Waals surface area contributed by atoms with Crippen LogP contribution in [0, 0.1) is 0 Å². The Morgan fingerprint density at radius 3 is 0.750 bits per heavy atom. The molecule has 0 saturated carbocycles. The summed E-state index contributed by atoms with van der Waals surface area (Å²) in [7, 11) is 0. The molecule has 0 aliphatic carbocycles. The van der Waals surface area contributed by atoms with Crippen molar-refractivity contribution in [3.05, 3.63) is 0 Å². The van der Waals surface area contributed by atoms with Gasteiger partial charge in [-0.2, -0.15) is 0 Å². The van der Waals surface area contributed by atoms with Gasteiger partial charge in [-0.1, -0.05) is 0 Å². The normalized spacial score (nSPS) is 0. The Labute approximate surface area is 75.2 Å². The van der Waals surface area contributed by atoms with Crippen molar-refractivity contribution in [2.24, 2.45) is 0 Å². The largest absolute Gasteiger partial charge is 2.00 e. The van der Waals surface area contributed by atoms with Gasteiger partial charge < -0.3 is 11.0 Å². The van der Waals surface area contributed by atoms with Crippen LogP contribution in [0.1, 0.15) is 0 Å². The summed E-state index contributed by atoms with van der Waals surface area (Å²) in [5.74, 6) is 0. The summed E-state index contributed by atoms with van der Waals surface area (Å²) in [5, 5.41) is 0. The second kappa shape index (κ2) is 20.0. The average Bonchev–Trinajstić information content (AvgIpc) is 0. The predicted molar refractivity (Wildman–Crippen MR) is 7.13 cm³/mol. The number of rotatable bonds is 0. The molecule has 0 aromatic carbocycles. The van der Waals surface area contributed by atoms with Crippen molar-refractivity contribution in [3.8, 4) is 0 Å². The zero-order chi connectivity index (χ0) is 0. The van der Waals surface area contributed by atoms with Gasteiger partial charge in [-0.25, -0.2) is 0 Å². The Balaban J connectivity index is 0. The Morgan fingerprint density at radius 1 is 0.750 bits per heavy atom. The van der Waals surface area contributed by atoms with E-state index >= 15 is 0 Å². The van der Waals surface area contributed by atoms with Gasteiger partial charge in [-0.05, 0) is 0 Å². The second-order valence-electron chi connectivity index (χ2n) is 0. The molecule has 0 aliphatic rings. The quantitative estimate of drug-likeness (QED) is 0.496. The van der Waals surface area contributed by atoms with Gasteiger partial charge >= 0.3 is 65.7 Å². The molecule has 0 bridgehead atoms. The Morgan fingerprint density at radius 2 is 0.750 bits per heavy atom. The summed E-state index contributed by atoms with van der Waals surface area (Å²) in [5.41, 5.74) is 0. The van der Waals surface area contributed by atoms with Crippen LogP contribution in [-0.4, -0.2) is 48.9 Å². The summed E-state index contributed by atoms with van der Waals surface area (Å²) >= 11 is 0. The summed E-state index contributed by atoms with van der Waals surface area (Å²) in [4.78, 5) is 0. The summed E-state index contributed by atoms with van der Waals surface area (Å²) in [6.45, 7) is 0. The van der Waals surface area contributed by atoms with Crippen molar-refractivity contribution in [2.75, 3.05) is 0 Å². The van der Waals surface area contributed by atoms with Gasteiger partial charge in [0, 0.05) is 0 Å². The van der Waals surface area contributed by atoms with E-state index in [-0.39, 0.29) is 76.6 Å². The zero-order valence-electron chi connectivity index (χ0n) is 1.86. The standard InChI is InChI=1S/Ba.Co.2O/q2*+2;2*-2. The van der Waals surface area contributed by atoms with Gasteiger partial charge in [0.2, 0.25) is 0 Å². The molecule has 1 radical (unpaired) electrons. The summed E-state index contributed by atoms with van der Waals surface area (Å²) in [6.07, 6.45) is 0. The molecular formula is BaCoO2. The maximum absolute atomic E-state index is 0. The molecule has 2 nitrogen and oxygen atoms in total. The molecule has 0 fully saturated rings. The summed E-state index contributed by atoms with van der Waals surface area (Å²) < 4.78 is 0. The van der Waals surface area contributed by atoms with Crippen LogP contribution >= 0.6 is 0 Å².